The third-order valence-electron chi connectivity index (χ3n) is 2.74. The first-order valence-electron chi connectivity index (χ1n) is 6.19. The third-order valence-corrected chi connectivity index (χ3v) is 2.74. The molecule has 98 valence electrons. The summed E-state index contributed by atoms with van der Waals surface area (Å²) in [5.41, 5.74) is 2.11. The van der Waals surface area contributed by atoms with Crippen LogP contribution in [-0.2, 0) is 15.0 Å². The summed E-state index contributed by atoms with van der Waals surface area (Å²) in [6.07, 6.45) is 0.544. The van der Waals surface area contributed by atoms with Crippen molar-refractivity contribution in [2.45, 2.75) is 46.0 Å². The average Bonchev–Trinajstić information content (AvgIpc) is 2.26. The number of nitrogens with one attached hydrogen (secondary N) is 1. The highest BCUT2D eigenvalue weighted by Gasteiger charge is 2.13. The highest BCUT2D eigenvalue weighted by molar-refractivity contribution is 5.93. The van der Waals surface area contributed by atoms with Crippen molar-refractivity contribution in [2.24, 2.45) is 0 Å². The molecule has 0 heterocycles. The maximum Gasteiger partial charge on any atom is 0.224 e. The fourth-order valence-electron chi connectivity index (χ4n) is 1.57. The van der Waals surface area contributed by atoms with E-state index in [0.717, 1.165) is 5.69 Å². The number of anilines is 1. The van der Waals surface area contributed by atoms with Crippen LogP contribution in [0.4, 0.5) is 5.69 Å². The molecule has 1 aromatic rings. The van der Waals surface area contributed by atoms with Gasteiger partial charge in [0.15, 0.2) is 0 Å². The number of hydrogen-bond donors (Lipinski definition) is 1. The minimum atomic E-state index is -0.117. The van der Waals surface area contributed by atoms with Gasteiger partial charge >= 0.3 is 0 Å². The van der Waals surface area contributed by atoms with Crippen LogP contribution in [0.5, 0.6) is 0 Å². The van der Waals surface area contributed by atoms with Crippen molar-refractivity contribution in [1.82, 2.24) is 0 Å². The molecule has 18 heavy (non-hydrogen) atoms. The molecule has 0 aliphatic carbocycles. The van der Waals surface area contributed by atoms with Crippen LogP contribution in [0.2, 0.25) is 0 Å². The van der Waals surface area contributed by atoms with E-state index in [4.69, 9.17) is 0 Å². The minimum absolute atomic E-state index is 0.0354. The van der Waals surface area contributed by atoms with Gasteiger partial charge in [-0.25, -0.2) is 0 Å². The van der Waals surface area contributed by atoms with Crippen LogP contribution in [-0.4, -0.2) is 11.7 Å². The Bertz CT molecular complexity index is 427. The molecular formula is C15H21NO2. The molecule has 1 aromatic carbocycles. The number of carbonyl (C=O) groups is 2. The first-order chi connectivity index (χ1) is 8.29. The zero-order chi connectivity index (χ0) is 13.8. The summed E-state index contributed by atoms with van der Waals surface area (Å²) in [4.78, 5) is 22.3. The number of carbonyl (C=O) groups excluding carboxylic acids is 2. The third kappa shape index (κ3) is 4.70. The number of benzene rings is 1. The summed E-state index contributed by atoms with van der Waals surface area (Å²) in [5, 5.41) is 2.78. The SMILES string of the molecule is CC(=O)CCC(=O)Nc1ccc(C(C)(C)C)cc1. The van der Waals surface area contributed by atoms with Crippen LogP contribution in [0.15, 0.2) is 24.3 Å². The number of amides is 1. The molecule has 0 aliphatic rings. The van der Waals surface area contributed by atoms with Crippen LogP contribution >= 0.6 is 0 Å². The fourth-order valence-corrected chi connectivity index (χ4v) is 1.57. The van der Waals surface area contributed by atoms with Gasteiger partial charge in [-0.2, -0.15) is 0 Å². The lowest BCUT2D eigenvalue weighted by molar-refractivity contribution is -0.121. The molecule has 0 saturated heterocycles. The van der Waals surface area contributed by atoms with Crippen LogP contribution in [0, 0.1) is 0 Å². The van der Waals surface area contributed by atoms with Crippen molar-refractivity contribution in [3.05, 3.63) is 29.8 Å². The van der Waals surface area contributed by atoms with E-state index in [1.165, 1.54) is 12.5 Å². The summed E-state index contributed by atoms with van der Waals surface area (Å²) in [6.45, 7) is 7.93. The van der Waals surface area contributed by atoms with Crippen LogP contribution < -0.4 is 5.32 Å². The van der Waals surface area contributed by atoms with Gasteiger partial charge in [0.05, 0.1) is 0 Å². The van der Waals surface area contributed by atoms with Crippen molar-refractivity contribution >= 4 is 17.4 Å². The van der Waals surface area contributed by atoms with Gasteiger partial charge in [0.25, 0.3) is 0 Å². The molecule has 3 heteroatoms. The Morgan fingerprint density at radius 3 is 2.06 bits per heavy atom. The second kappa shape index (κ2) is 5.80. The van der Waals surface area contributed by atoms with E-state index in [1.807, 2.05) is 24.3 Å². The lowest BCUT2D eigenvalue weighted by Crippen LogP contribution is -2.14. The van der Waals surface area contributed by atoms with Crippen molar-refractivity contribution in [3.63, 3.8) is 0 Å². The molecule has 0 unspecified atom stereocenters. The summed E-state index contributed by atoms with van der Waals surface area (Å²) in [5.74, 6) is -0.0815. The van der Waals surface area contributed by atoms with Gasteiger partial charge in [0.2, 0.25) is 5.91 Å². The molecule has 1 rings (SSSR count). The molecule has 0 aliphatic heterocycles. The quantitative estimate of drug-likeness (QED) is 0.887. The largest absolute Gasteiger partial charge is 0.326 e. The van der Waals surface area contributed by atoms with Crippen molar-refractivity contribution in [2.75, 3.05) is 5.32 Å². The number of ketones is 1. The summed E-state index contributed by atoms with van der Waals surface area (Å²) >= 11 is 0. The van der Waals surface area contributed by atoms with Crippen molar-refractivity contribution in [3.8, 4) is 0 Å². The van der Waals surface area contributed by atoms with Crippen molar-refractivity contribution < 1.29 is 9.59 Å². The lowest BCUT2D eigenvalue weighted by Gasteiger charge is -2.19. The lowest BCUT2D eigenvalue weighted by atomic mass is 9.87. The van der Waals surface area contributed by atoms with E-state index < -0.39 is 0 Å². The Balaban J connectivity index is 2.59. The number of rotatable bonds is 4. The summed E-state index contributed by atoms with van der Waals surface area (Å²) in [6, 6.07) is 7.82. The van der Waals surface area contributed by atoms with E-state index in [2.05, 4.69) is 26.1 Å². The van der Waals surface area contributed by atoms with Crippen LogP contribution in [0.25, 0.3) is 0 Å². The van der Waals surface area contributed by atoms with Gasteiger partial charge in [-0.05, 0) is 30.0 Å². The molecule has 0 saturated carbocycles. The van der Waals surface area contributed by atoms with E-state index >= 15 is 0 Å². The van der Waals surface area contributed by atoms with E-state index in [1.54, 1.807) is 0 Å². The molecule has 0 aromatic heterocycles. The van der Waals surface area contributed by atoms with Crippen LogP contribution in [0.3, 0.4) is 0 Å². The van der Waals surface area contributed by atoms with Crippen molar-refractivity contribution in [1.29, 1.82) is 0 Å². The highest BCUT2D eigenvalue weighted by Crippen LogP contribution is 2.23. The normalized spacial score (nSPS) is 11.1. The predicted octanol–water partition coefficient (Wildman–Crippen LogP) is 3.29. The summed E-state index contributed by atoms with van der Waals surface area (Å²) < 4.78 is 0. The second-order valence-electron chi connectivity index (χ2n) is 5.58. The Kier molecular flexibility index (Phi) is 4.65. The molecule has 0 radical (unpaired) electrons. The molecule has 0 bridgehead atoms. The fraction of sp³-hybridized carbons (Fsp3) is 0.467. The van der Waals surface area contributed by atoms with Gasteiger partial charge in [-0.3, -0.25) is 4.79 Å². The zero-order valence-corrected chi connectivity index (χ0v) is 11.5. The van der Waals surface area contributed by atoms with Gasteiger partial charge in [-0.15, -0.1) is 0 Å². The Morgan fingerprint density at radius 1 is 1.06 bits per heavy atom. The van der Waals surface area contributed by atoms with E-state index in [-0.39, 0.29) is 23.5 Å². The zero-order valence-electron chi connectivity index (χ0n) is 11.5. The van der Waals surface area contributed by atoms with Crippen LogP contribution in [0.1, 0.15) is 46.1 Å². The minimum Gasteiger partial charge on any atom is -0.326 e. The molecular weight excluding hydrogens is 226 g/mol. The highest BCUT2D eigenvalue weighted by atomic mass is 16.2. The molecule has 0 spiro atoms. The molecule has 3 nitrogen and oxygen atoms in total. The molecule has 1 amide bonds. The maximum absolute atomic E-state index is 11.5. The monoisotopic (exact) mass is 247 g/mol. The van der Waals surface area contributed by atoms with E-state index in [9.17, 15) is 9.59 Å². The number of Topliss-reactive ketones (excluding diaryl/α,β-unsaturated/α-hetero) is 1. The Morgan fingerprint density at radius 2 is 1.61 bits per heavy atom. The second-order valence-corrected chi connectivity index (χ2v) is 5.58. The Hall–Kier alpha value is -1.64. The summed E-state index contributed by atoms with van der Waals surface area (Å²) in [7, 11) is 0. The van der Waals surface area contributed by atoms with Gasteiger partial charge in [0.1, 0.15) is 5.78 Å². The molecule has 0 fully saturated rings. The van der Waals surface area contributed by atoms with E-state index in [0.29, 0.717) is 6.42 Å². The molecule has 0 atom stereocenters. The number of hydrogen-bond acceptors (Lipinski definition) is 2. The van der Waals surface area contributed by atoms with Gasteiger partial charge < -0.3 is 10.1 Å². The first-order valence-corrected chi connectivity index (χ1v) is 6.19. The van der Waals surface area contributed by atoms with Gasteiger partial charge in [-0.1, -0.05) is 32.9 Å². The topological polar surface area (TPSA) is 46.2 Å². The smallest absolute Gasteiger partial charge is 0.224 e. The maximum atomic E-state index is 11.5. The molecule has 1 N–H and O–H groups in total. The Labute approximate surface area is 109 Å². The average molecular weight is 247 g/mol. The van der Waals surface area contributed by atoms with Gasteiger partial charge in [0, 0.05) is 18.5 Å². The predicted molar refractivity (Wildman–Crippen MR) is 73.7 cm³/mol. The first kappa shape index (κ1) is 14.4. The standard InChI is InChI=1S/C15H21NO2/c1-11(17)5-10-14(18)16-13-8-6-12(7-9-13)15(2,3)4/h6-9H,5,10H2,1-4H3,(H,16,18).